The van der Waals surface area contributed by atoms with E-state index < -0.39 is 0 Å². The number of carbonyl (C=O) groups is 1. The van der Waals surface area contributed by atoms with E-state index in [1.165, 1.54) is 0 Å². The molecule has 2 rings (SSSR count). The van der Waals surface area contributed by atoms with Crippen LogP contribution < -0.4 is 15.8 Å². The standard InChI is InChI=1S/C13H16BrClN2O3/c14-10-5-8(15)6-11(16)13(10)20-7-12(18)17-9-1-3-19-4-2-9/h5-6,9H,1-4,7,16H2,(H,17,18). The highest BCUT2D eigenvalue weighted by Gasteiger charge is 2.17. The Balaban J connectivity index is 1.87. The van der Waals surface area contributed by atoms with Gasteiger partial charge in [-0.05, 0) is 40.9 Å². The number of anilines is 1. The second-order valence-corrected chi connectivity index (χ2v) is 5.84. The number of rotatable bonds is 4. The summed E-state index contributed by atoms with van der Waals surface area (Å²) in [6.07, 6.45) is 1.66. The lowest BCUT2D eigenvalue weighted by Gasteiger charge is -2.23. The van der Waals surface area contributed by atoms with Gasteiger partial charge in [0.05, 0.1) is 10.2 Å². The van der Waals surface area contributed by atoms with Crippen LogP contribution >= 0.6 is 27.5 Å². The number of nitrogens with one attached hydrogen (secondary N) is 1. The third-order valence-corrected chi connectivity index (χ3v) is 3.78. The van der Waals surface area contributed by atoms with Crippen LogP contribution in [0.1, 0.15) is 12.8 Å². The van der Waals surface area contributed by atoms with E-state index in [2.05, 4.69) is 21.2 Å². The first-order chi connectivity index (χ1) is 9.56. The molecule has 5 nitrogen and oxygen atoms in total. The molecule has 1 amide bonds. The maximum absolute atomic E-state index is 11.8. The highest BCUT2D eigenvalue weighted by atomic mass is 79.9. The Morgan fingerprint density at radius 3 is 2.85 bits per heavy atom. The summed E-state index contributed by atoms with van der Waals surface area (Å²) in [5.74, 6) is 0.259. The van der Waals surface area contributed by atoms with Crippen LogP contribution in [0.15, 0.2) is 16.6 Å². The quantitative estimate of drug-likeness (QED) is 0.806. The fourth-order valence-electron chi connectivity index (χ4n) is 1.98. The SMILES string of the molecule is Nc1cc(Cl)cc(Br)c1OCC(=O)NC1CCOCC1. The van der Waals surface area contributed by atoms with Crippen LogP contribution in [0.5, 0.6) is 5.75 Å². The molecule has 20 heavy (non-hydrogen) atoms. The normalized spacial score (nSPS) is 15.9. The molecule has 1 saturated heterocycles. The third-order valence-electron chi connectivity index (χ3n) is 2.97. The van der Waals surface area contributed by atoms with Gasteiger partial charge in [-0.2, -0.15) is 0 Å². The van der Waals surface area contributed by atoms with E-state index in [-0.39, 0.29) is 18.6 Å². The molecule has 0 unspecified atom stereocenters. The Kier molecular flexibility index (Phi) is 5.51. The number of nitrogen functional groups attached to an aromatic ring is 1. The van der Waals surface area contributed by atoms with Crippen LogP contribution in [0, 0.1) is 0 Å². The first-order valence-electron chi connectivity index (χ1n) is 6.30. The van der Waals surface area contributed by atoms with Crippen LogP contribution in [-0.2, 0) is 9.53 Å². The van der Waals surface area contributed by atoms with Gasteiger partial charge in [0.2, 0.25) is 0 Å². The highest BCUT2D eigenvalue weighted by molar-refractivity contribution is 9.10. The van der Waals surface area contributed by atoms with Gasteiger partial charge in [0, 0.05) is 24.3 Å². The molecule has 0 aromatic heterocycles. The molecule has 1 heterocycles. The van der Waals surface area contributed by atoms with E-state index in [4.69, 9.17) is 26.8 Å². The van der Waals surface area contributed by atoms with E-state index in [9.17, 15) is 4.79 Å². The van der Waals surface area contributed by atoms with Crippen molar-refractivity contribution in [3.8, 4) is 5.75 Å². The minimum Gasteiger partial charge on any atom is -0.480 e. The van der Waals surface area contributed by atoms with Crippen molar-refractivity contribution in [3.05, 3.63) is 21.6 Å². The highest BCUT2D eigenvalue weighted by Crippen LogP contribution is 2.34. The van der Waals surface area contributed by atoms with Crippen molar-refractivity contribution >= 4 is 39.1 Å². The van der Waals surface area contributed by atoms with E-state index in [0.29, 0.717) is 34.1 Å². The van der Waals surface area contributed by atoms with Gasteiger partial charge in [0.1, 0.15) is 0 Å². The first kappa shape index (κ1) is 15.4. The zero-order valence-electron chi connectivity index (χ0n) is 10.8. The van der Waals surface area contributed by atoms with E-state index >= 15 is 0 Å². The van der Waals surface area contributed by atoms with Crippen molar-refractivity contribution in [2.75, 3.05) is 25.6 Å². The molecule has 0 bridgehead atoms. The van der Waals surface area contributed by atoms with Gasteiger partial charge >= 0.3 is 0 Å². The summed E-state index contributed by atoms with van der Waals surface area (Å²) in [4.78, 5) is 11.8. The summed E-state index contributed by atoms with van der Waals surface area (Å²) in [6.45, 7) is 1.28. The molecular formula is C13H16BrClN2O3. The van der Waals surface area contributed by atoms with Crippen LogP contribution in [0.2, 0.25) is 5.02 Å². The number of benzene rings is 1. The van der Waals surface area contributed by atoms with Crippen molar-refractivity contribution in [2.45, 2.75) is 18.9 Å². The average molecular weight is 364 g/mol. The lowest BCUT2D eigenvalue weighted by Crippen LogP contribution is -2.41. The molecule has 3 N–H and O–H groups in total. The van der Waals surface area contributed by atoms with Gasteiger partial charge in [0.15, 0.2) is 12.4 Å². The van der Waals surface area contributed by atoms with Gasteiger partial charge in [-0.15, -0.1) is 0 Å². The molecule has 0 saturated carbocycles. The minimum atomic E-state index is -0.168. The average Bonchev–Trinajstić information content (AvgIpc) is 2.38. The number of hydrogen-bond acceptors (Lipinski definition) is 4. The lowest BCUT2D eigenvalue weighted by atomic mass is 10.1. The first-order valence-corrected chi connectivity index (χ1v) is 7.48. The van der Waals surface area contributed by atoms with E-state index in [0.717, 1.165) is 12.8 Å². The summed E-state index contributed by atoms with van der Waals surface area (Å²) < 4.78 is 11.3. The zero-order chi connectivity index (χ0) is 14.5. The predicted octanol–water partition coefficient (Wildman–Crippen LogP) is 2.36. The van der Waals surface area contributed by atoms with Crippen molar-refractivity contribution in [3.63, 3.8) is 0 Å². The Morgan fingerprint density at radius 1 is 1.50 bits per heavy atom. The van der Waals surface area contributed by atoms with Crippen LogP contribution in [0.4, 0.5) is 5.69 Å². The number of ether oxygens (including phenoxy) is 2. The summed E-state index contributed by atoms with van der Waals surface area (Å²) in [7, 11) is 0. The minimum absolute atomic E-state index is 0.0816. The molecule has 110 valence electrons. The van der Waals surface area contributed by atoms with E-state index in [1.807, 2.05) is 0 Å². The summed E-state index contributed by atoms with van der Waals surface area (Å²) in [5, 5.41) is 3.42. The van der Waals surface area contributed by atoms with Crippen molar-refractivity contribution in [2.24, 2.45) is 0 Å². The van der Waals surface area contributed by atoms with Crippen molar-refractivity contribution in [1.29, 1.82) is 0 Å². The fraction of sp³-hybridized carbons (Fsp3) is 0.462. The van der Waals surface area contributed by atoms with Crippen LogP contribution in [0.3, 0.4) is 0 Å². The zero-order valence-corrected chi connectivity index (χ0v) is 13.2. The molecule has 0 spiro atoms. The monoisotopic (exact) mass is 362 g/mol. The molecule has 7 heteroatoms. The lowest BCUT2D eigenvalue weighted by molar-refractivity contribution is -0.124. The number of nitrogens with two attached hydrogens (primary N) is 1. The molecule has 0 radical (unpaired) electrons. The molecule has 0 aliphatic carbocycles. The molecular weight excluding hydrogens is 348 g/mol. The Morgan fingerprint density at radius 2 is 2.20 bits per heavy atom. The van der Waals surface area contributed by atoms with Crippen molar-refractivity contribution in [1.82, 2.24) is 5.32 Å². The Hall–Kier alpha value is -0.980. The Labute approximate surface area is 130 Å². The fourth-order valence-corrected chi connectivity index (χ4v) is 2.93. The third kappa shape index (κ3) is 4.26. The van der Waals surface area contributed by atoms with E-state index in [1.54, 1.807) is 12.1 Å². The Bertz CT molecular complexity index is 469. The molecule has 1 aromatic rings. The smallest absolute Gasteiger partial charge is 0.258 e. The van der Waals surface area contributed by atoms with Gasteiger partial charge in [-0.1, -0.05) is 11.6 Å². The summed E-state index contributed by atoms with van der Waals surface area (Å²) >= 11 is 9.17. The van der Waals surface area contributed by atoms with Crippen molar-refractivity contribution < 1.29 is 14.3 Å². The molecule has 1 fully saturated rings. The second kappa shape index (κ2) is 7.15. The van der Waals surface area contributed by atoms with Crippen LogP contribution in [-0.4, -0.2) is 31.8 Å². The number of amides is 1. The number of carbonyl (C=O) groups excluding carboxylic acids is 1. The second-order valence-electron chi connectivity index (χ2n) is 4.55. The van der Waals surface area contributed by atoms with Crippen LogP contribution in [0.25, 0.3) is 0 Å². The molecule has 1 aliphatic rings. The topological polar surface area (TPSA) is 73.6 Å². The van der Waals surface area contributed by atoms with Gasteiger partial charge in [-0.3, -0.25) is 4.79 Å². The number of halogens is 2. The maximum Gasteiger partial charge on any atom is 0.258 e. The summed E-state index contributed by atoms with van der Waals surface area (Å²) in [6, 6.07) is 3.41. The van der Waals surface area contributed by atoms with Gasteiger partial charge in [-0.25, -0.2) is 0 Å². The molecule has 1 aromatic carbocycles. The predicted molar refractivity (Wildman–Crippen MR) is 81.0 cm³/mol. The molecule has 0 atom stereocenters. The summed E-state index contributed by atoms with van der Waals surface area (Å²) in [5.41, 5.74) is 6.20. The maximum atomic E-state index is 11.8. The van der Waals surface area contributed by atoms with Gasteiger partial charge in [0.25, 0.3) is 5.91 Å². The number of hydrogen-bond donors (Lipinski definition) is 2. The largest absolute Gasteiger partial charge is 0.480 e. The van der Waals surface area contributed by atoms with Gasteiger partial charge < -0.3 is 20.5 Å². The molecule has 1 aliphatic heterocycles.